The Kier molecular flexibility index (Phi) is 4.97. The van der Waals surface area contributed by atoms with Crippen molar-refractivity contribution in [1.29, 1.82) is 0 Å². The minimum absolute atomic E-state index is 0.0815. The summed E-state index contributed by atoms with van der Waals surface area (Å²) in [6, 6.07) is 9.96. The summed E-state index contributed by atoms with van der Waals surface area (Å²) in [4.78, 5) is 21.2. The number of aromatic nitrogens is 2. The largest absolute Gasteiger partial charge is 0.433 e. The number of carbonyl (C=O) groups excluding carboxylic acids is 1. The fourth-order valence-electron chi connectivity index (χ4n) is 4.36. The number of nitrogens with zero attached hydrogens (tertiary/aromatic N) is 2. The highest BCUT2D eigenvalue weighted by Crippen LogP contribution is 2.53. The predicted octanol–water partition coefficient (Wildman–Crippen LogP) is 4.45. The van der Waals surface area contributed by atoms with E-state index >= 15 is 0 Å². The molecule has 10 heteroatoms. The molecule has 0 aliphatic heterocycles. The Labute approximate surface area is 188 Å². The van der Waals surface area contributed by atoms with E-state index in [0.717, 1.165) is 12.5 Å². The van der Waals surface area contributed by atoms with E-state index in [0.29, 0.717) is 42.1 Å². The summed E-state index contributed by atoms with van der Waals surface area (Å²) in [5.74, 6) is -0.904. The smallest absolute Gasteiger partial charge is 0.273 e. The Bertz CT molecular complexity index is 1360. The third-order valence-corrected chi connectivity index (χ3v) is 7.92. The van der Waals surface area contributed by atoms with Crippen LogP contribution >= 0.6 is 0 Å². The van der Waals surface area contributed by atoms with Crippen molar-refractivity contribution in [3.8, 4) is 0 Å². The Balaban J connectivity index is 1.51. The number of alkyl halides is 3. The van der Waals surface area contributed by atoms with Crippen LogP contribution in [0.3, 0.4) is 0 Å². The number of amides is 1. The lowest BCUT2D eigenvalue weighted by Crippen LogP contribution is -2.40. The van der Waals surface area contributed by atoms with Crippen LogP contribution in [0.4, 0.5) is 13.2 Å². The highest BCUT2D eigenvalue weighted by atomic mass is 32.2. The average Bonchev–Trinajstić information content (AvgIpc) is 3.53. The normalized spacial score (nSPS) is 18.0. The minimum atomic E-state index is -4.60. The molecule has 0 unspecified atom stereocenters. The van der Waals surface area contributed by atoms with Crippen molar-refractivity contribution >= 4 is 26.8 Å². The lowest BCUT2D eigenvalue weighted by molar-refractivity contribution is -0.141. The Morgan fingerprint density at radius 2 is 1.82 bits per heavy atom. The Hall–Kier alpha value is -3.01. The minimum Gasteiger partial charge on any atom is -0.273 e. The van der Waals surface area contributed by atoms with Gasteiger partial charge in [0.1, 0.15) is 5.69 Å². The molecule has 3 aromatic rings. The molecule has 6 nitrogen and oxygen atoms in total. The van der Waals surface area contributed by atoms with Crippen molar-refractivity contribution in [2.24, 2.45) is 0 Å². The van der Waals surface area contributed by atoms with Gasteiger partial charge in [-0.3, -0.25) is 9.78 Å². The number of carbonyl (C=O) groups is 1. The van der Waals surface area contributed by atoms with Gasteiger partial charge in [0.05, 0.1) is 15.8 Å². The van der Waals surface area contributed by atoms with Crippen LogP contribution in [0.1, 0.15) is 55.0 Å². The van der Waals surface area contributed by atoms with Crippen molar-refractivity contribution in [3.05, 3.63) is 65.6 Å². The van der Waals surface area contributed by atoms with Gasteiger partial charge < -0.3 is 0 Å². The highest BCUT2D eigenvalue weighted by Gasteiger charge is 2.55. The van der Waals surface area contributed by atoms with Crippen LogP contribution in [0.25, 0.3) is 10.9 Å². The molecule has 5 rings (SSSR count). The zero-order chi connectivity index (χ0) is 23.4. The fourth-order valence-corrected chi connectivity index (χ4v) is 5.63. The molecule has 1 aromatic carbocycles. The van der Waals surface area contributed by atoms with Gasteiger partial charge >= 0.3 is 6.18 Å². The highest BCUT2D eigenvalue weighted by molar-refractivity contribution is 7.90. The van der Waals surface area contributed by atoms with E-state index in [2.05, 4.69) is 14.7 Å². The molecule has 172 valence electrons. The second-order valence-electron chi connectivity index (χ2n) is 8.60. The lowest BCUT2D eigenvalue weighted by Gasteiger charge is -2.30. The number of fused-ring (bicyclic) bond motifs is 1. The topological polar surface area (TPSA) is 89.0 Å². The van der Waals surface area contributed by atoms with Crippen molar-refractivity contribution in [2.75, 3.05) is 0 Å². The van der Waals surface area contributed by atoms with Crippen LogP contribution in [-0.2, 0) is 26.4 Å². The van der Waals surface area contributed by atoms with E-state index in [1.165, 1.54) is 24.4 Å². The van der Waals surface area contributed by atoms with E-state index < -0.39 is 33.2 Å². The standard InChI is InChI=1S/C23H20F3N3O3S/c24-23(25,26)19-10-9-16(20(28-19)14-4-1-5-14)22(11-12-22)21(30)29-33(31,32)18-8-2-7-17-15(18)6-3-13-27-17/h2-3,6-10,13-14H,1,4-5,11-12H2,(H,29,30). The molecule has 2 heterocycles. The monoisotopic (exact) mass is 475 g/mol. The zero-order valence-electron chi connectivity index (χ0n) is 17.4. The maximum atomic E-state index is 13.3. The van der Waals surface area contributed by atoms with E-state index in [1.807, 2.05) is 0 Å². The number of pyridine rings is 2. The van der Waals surface area contributed by atoms with Gasteiger partial charge in [0.2, 0.25) is 5.91 Å². The summed E-state index contributed by atoms with van der Waals surface area (Å²) in [6.45, 7) is 0. The molecule has 1 N–H and O–H groups in total. The number of benzene rings is 1. The molecular weight excluding hydrogens is 455 g/mol. The van der Waals surface area contributed by atoms with Gasteiger partial charge in [-0.2, -0.15) is 13.2 Å². The molecule has 2 saturated carbocycles. The first-order valence-corrected chi connectivity index (χ1v) is 12.1. The van der Waals surface area contributed by atoms with Crippen LogP contribution in [0.2, 0.25) is 0 Å². The van der Waals surface area contributed by atoms with Crippen molar-refractivity contribution in [2.45, 2.75) is 54.5 Å². The van der Waals surface area contributed by atoms with E-state index in [9.17, 15) is 26.4 Å². The van der Waals surface area contributed by atoms with Gasteiger partial charge in [-0.15, -0.1) is 0 Å². The lowest BCUT2D eigenvalue weighted by atomic mass is 9.78. The van der Waals surface area contributed by atoms with E-state index in [4.69, 9.17) is 0 Å². The molecular formula is C23H20F3N3O3S. The SMILES string of the molecule is O=C(NS(=O)(=O)c1cccc2ncccc12)C1(c2ccc(C(F)(F)F)nc2C2CCC2)CC1. The van der Waals surface area contributed by atoms with Crippen LogP contribution < -0.4 is 4.72 Å². The first-order valence-electron chi connectivity index (χ1n) is 10.6. The number of sulfonamides is 1. The second-order valence-corrected chi connectivity index (χ2v) is 10.2. The van der Waals surface area contributed by atoms with E-state index in [-0.39, 0.29) is 16.5 Å². The summed E-state index contributed by atoms with van der Waals surface area (Å²) in [5.41, 5.74) is -1.07. The number of hydrogen-bond donors (Lipinski definition) is 1. The van der Waals surface area contributed by atoms with Gasteiger partial charge in [0.25, 0.3) is 10.0 Å². The Morgan fingerprint density at radius 3 is 2.45 bits per heavy atom. The molecule has 0 saturated heterocycles. The zero-order valence-corrected chi connectivity index (χ0v) is 18.2. The van der Waals surface area contributed by atoms with E-state index in [1.54, 1.807) is 18.2 Å². The maximum absolute atomic E-state index is 13.3. The number of rotatable bonds is 5. The molecule has 0 atom stereocenters. The molecule has 33 heavy (non-hydrogen) atoms. The second kappa shape index (κ2) is 7.51. The average molecular weight is 475 g/mol. The van der Waals surface area contributed by atoms with Gasteiger partial charge in [-0.1, -0.05) is 18.6 Å². The summed E-state index contributed by atoms with van der Waals surface area (Å²) in [5, 5.41) is 0.372. The molecule has 0 bridgehead atoms. The van der Waals surface area contributed by atoms with Crippen LogP contribution in [0, 0.1) is 0 Å². The first-order chi connectivity index (χ1) is 15.6. The summed E-state index contributed by atoms with van der Waals surface area (Å²) in [7, 11) is -4.23. The summed E-state index contributed by atoms with van der Waals surface area (Å²) in [6.07, 6.45) is -0.0976. The van der Waals surface area contributed by atoms with Gasteiger partial charge in [0, 0.05) is 23.2 Å². The third kappa shape index (κ3) is 3.76. The van der Waals surface area contributed by atoms with Crippen LogP contribution in [-0.4, -0.2) is 24.3 Å². The molecule has 0 radical (unpaired) electrons. The maximum Gasteiger partial charge on any atom is 0.433 e. The number of halogens is 3. The van der Waals surface area contributed by atoms with Crippen molar-refractivity contribution < 1.29 is 26.4 Å². The van der Waals surface area contributed by atoms with Gasteiger partial charge in [-0.25, -0.2) is 18.1 Å². The fraction of sp³-hybridized carbons (Fsp3) is 0.348. The van der Waals surface area contributed by atoms with Crippen molar-refractivity contribution in [3.63, 3.8) is 0 Å². The summed E-state index contributed by atoms with van der Waals surface area (Å²) < 4.78 is 68.2. The number of hydrogen-bond acceptors (Lipinski definition) is 5. The molecule has 2 aliphatic rings. The van der Waals surface area contributed by atoms with Gasteiger partial charge in [0.15, 0.2) is 0 Å². The van der Waals surface area contributed by atoms with Crippen molar-refractivity contribution in [1.82, 2.24) is 14.7 Å². The predicted molar refractivity (Wildman–Crippen MR) is 114 cm³/mol. The molecule has 0 spiro atoms. The first kappa shape index (κ1) is 21.8. The van der Waals surface area contributed by atoms with Gasteiger partial charge in [-0.05, 0) is 61.6 Å². The van der Waals surface area contributed by atoms with Crippen LogP contribution in [0.5, 0.6) is 0 Å². The third-order valence-electron chi connectivity index (χ3n) is 6.53. The quantitative estimate of drug-likeness (QED) is 0.589. The number of nitrogens with one attached hydrogen (secondary N) is 1. The summed E-state index contributed by atoms with van der Waals surface area (Å²) >= 11 is 0. The Morgan fingerprint density at radius 1 is 1.06 bits per heavy atom. The van der Waals surface area contributed by atoms with Crippen LogP contribution in [0.15, 0.2) is 53.6 Å². The molecule has 2 aliphatic carbocycles. The molecule has 2 fully saturated rings. The molecule has 1 amide bonds. The molecule has 2 aromatic heterocycles.